The fraction of sp³-hybridized carbons (Fsp3) is 0.571. The van der Waals surface area contributed by atoms with Gasteiger partial charge in [-0.25, -0.2) is 0 Å². The van der Waals surface area contributed by atoms with Gasteiger partial charge in [0, 0.05) is 18.3 Å². The van der Waals surface area contributed by atoms with Gasteiger partial charge in [0.25, 0.3) is 0 Å². The highest BCUT2D eigenvalue weighted by molar-refractivity contribution is 5.71. The smallest absolute Gasteiger partial charge is 0.310 e. The molecule has 104 valence electrons. The molecular weight excluding hydrogens is 244 g/mol. The lowest BCUT2D eigenvalue weighted by Crippen LogP contribution is -2.42. The van der Waals surface area contributed by atoms with Gasteiger partial charge in [0.1, 0.15) is 0 Å². The second-order valence-electron chi connectivity index (χ2n) is 4.88. The molecule has 0 aromatic carbocycles. The topological polar surface area (TPSA) is 62.7 Å². The lowest BCUT2D eigenvalue weighted by atomic mass is 10.0. The van der Waals surface area contributed by atoms with Gasteiger partial charge in [-0.05, 0) is 25.6 Å². The zero-order chi connectivity index (χ0) is 13.8. The van der Waals surface area contributed by atoms with E-state index in [1.54, 1.807) is 0 Å². The molecule has 2 rings (SSSR count). The summed E-state index contributed by atoms with van der Waals surface area (Å²) in [5, 5.41) is 9.22. The summed E-state index contributed by atoms with van der Waals surface area (Å²) in [5.74, 6) is -1.22. The third-order valence-electron chi connectivity index (χ3n) is 3.55. The van der Waals surface area contributed by atoms with E-state index in [9.17, 15) is 9.90 Å². The van der Waals surface area contributed by atoms with E-state index in [-0.39, 0.29) is 6.04 Å². The molecule has 1 aromatic rings. The summed E-state index contributed by atoms with van der Waals surface area (Å²) >= 11 is 0. The minimum Gasteiger partial charge on any atom is -0.481 e. The summed E-state index contributed by atoms with van der Waals surface area (Å²) in [4.78, 5) is 17.8. The molecule has 1 aliphatic rings. The van der Waals surface area contributed by atoms with Crippen molar-refractivity contribution in [2.75, 3.05) is 19.8 Å². The number of aliphatic carboxylic acids is 1. The highest BCUT2D eigenvalue weighted by Crippen LogP contribution is 2.21. The third-order valence-corrected chi connectivity index (χ3v) is 3.55. The van der Waals surface area contributed by atoms with Crippen molar-refractivity contribution < 1.29 is 14.6 Å². The van der Waals surface area contributed by atoms with Crippen molar-refractivity contribution >= 4 is 5.97 Å². The van der Waals surface area contributed by atoms with Gasteiger partial charge < -0.3 is 9.84 Å². The fourth-order valence-corrected chi connectivity index (χ4v) is 2.50. The Bertz CT molecular complexity index is 450. The minimum atomic E-state index is -0.779. The molecule has 1 saturated heterocycles. The molecule has 1 N–H and O–H groups in total. The summed E-state index contributed by atoms with van der Waals surface area (Å²) in [6.45, 7) is 6.23. The number of pyridine rings is 1. The van der Waals surface area contributed by atoms with Crippen LogP contribution in [0.25, 0.3) is 0 Å². The number of rotatable bonds is 5. The minimum absolute atomic E-state index is 0.0650. The number of likely N-dealkylation sites (N-methyl/N-ethyl adjacent to an activating group) is 1. The number of carboxylic acids is 1. The number of hydrogen-bond acceptors (Lipinski definition) is 4. The van der Waals surface area contributed by atoms with Gasteiger partial charge in [0.2, 0.25) is 0 Å². The van der Waals surface area contributed by atoms with Crippen molar-refractivity contribution in [3.05, 3.63) is 29.6 Å². The average molecular weight is 264 g/mol. The molecule has 0 saturated carbocycles. The summed E-state index contributed by atoms with van der Waals surface area (Å²) in [5.41, 5.74) is 1.95. The van der Waals surface area contributed by atoms with Crippen LogP contribution < -0.4 is 0 Å². The maximum atomic E-state index is 11.2. The number of aryl methyl sites for hydroxylation is 1. The molecule has 1 aliphatic heterocycles. The first-order chi connectivity index (χ1) is 9.11. The van der Waals surface area contributed by atoms with Gasteiger partial charge in [-0.15, -0.1) is 0 Å². The highest BCUT2D eigenvalue weighted by atomic mass is 16.5. The average Bonchev–Trinajstić information content (AvgIpc) is 2.85. The number of nitrogens with zero attached hydrogens (tertiary/aromatic N) is 2. The van der Waals surface area contributed by atoms with E-state index in [0.717, 1.165) is 17.9 Å². The highest BCUT2D eigenvalue weighted by Gasteiger charge is 2.37. The number of ether oxygens (including phenoxy) is 1. The van der Waals surface area contributed by atoms with Gasteiger partial charge in [-0.1, -0.05) is 13.0 Å². The molecule has 5 heteroatoms. The normalized spacial score (nSPS) is 22.9. The van der Waals surface area contributed by atoms with Crippen LogP contribution in [0.5, 0.6) is 0 Å². The van der Waals surface area contributed by atoms with Crippen molar-refractivity contribution in [1.29, 1.82) is 0 Å². The standard InChI is InChI=1S/C14H20N2O3/c1-3-16(7-11-6-4-5-10(2)15-11)13-9-19-8-12(13)14(17)18/h4-6,12-13H,3,7-9H2,1-2H3,(H,17,18). The van der Waals surface area contributed by atoms with Crippen LogP contribution in [-0.4, -0.2) is 46.8 Å². The van der Waals surface area contributed by atoms with Crippen LogP contribution in [-0.2, 0) is 16.1 Å². The van der Waals surface area contributed by atoms with E-state index >= 15 is 0 Å². The first-order valence-corrected chi connectivity index (χ1v) is 6.59. The first-order valence-electron chi connectivity index (χ1n) is 6.59. The van der Waals surface area contributed by atoms with Crippen molar-refractivity contribution in [3.8, 4) is 0 Å². The number of carboxylic acid groups (broad SMARTS) is 1. The van der Waals surface area contributed by atoms with Gasteiger partial charge in [0.05, 0.1) is 24.8 Å². The van der Waals surface area contributed by atoms with Crippen molar-refractivity contribution in [2.45, 2.75) is 26.4 Å². The largest absolute Gasteiger partial charge is 0.481 e. The van der Waals surface area contributed by atoms with E-state index in [1.807, 2.05) is 32.0 Å². The lowest BCUT2D eigenvalue weighted by Gasteiger charge is -2.28. The molecule has 0 radical (unpaired) electrons. The molecule has 0 amide bonds. The predicted molar refractivity (Wildman–Crippen MR) is 70.8 cm³/mol. The molecule has 19 heavy (non-hydrogen) atoms. The predicted octanol–water partition coefficient (Wildman–Crippen LogP) is 1.31. The Kier molecular flexibility index (Phi) is 4.50. The van der Waals surface area contributed by atoms with E-state index < -0.39 is 11.9 Å². The van der Waals surface area contributed by atoms with Crippen LogP contribution in [0.15, 0.2) is 18.2 Å². The molecule has 5 nitrogen and oxygen atoms in total. The molecule has 0 bridgehead atoms. The zero-order valence-corrected chi connectivity index (χ0v) is 11.4. The maximum Gasteiger partial charge on any atom is 0.310 e. The summed E-state index contributed by atoms with van der Waals surface area (Å²) in [6.07, 6.45) is 0. The van der Waals surface area contributed by atoms with Crippen molar-refractivity contribution in [1.82, 2.24) is 9.88 Å². The quantitative estimate of drug-likeness (QED) is 0.869. The molecule has 2 atom stereocenters. The van der Waals surface area contributed by atoms with E-state index in [2.05, 4.69) is 9.88 Å². The van der Waals surface area contributed by atoms with E-state index in [4.69, 9.17) is 4.74 Å². The summed E-state index contributed by atoms with van der Waals surface area (Å²) < 4.78 is 5.33. The molecule has 0 spiro atoms. The van der Waals surface area contributed by atoms with Crippen LogP contribution in [0.2, 0.25) is 0 Å². The van der Waals surface area contributed by atoms with Crippen LogP contribution in [0, 0.1) is 12.8 Å². The van der Waals surface area contributed by atoms with Crippen LogP contribution in [0.4, 0.5) is 0 Å². The van der Waals surface area contributed by atoms with E-state index in [0.29, 0.717) is 19.8 Å². The van der Waals surface area contributed by atoms with Crippen LogP contribution in [0.1, 0.15) is 18.3 Å². The Morgan fingerprint density at radius 1 is 1.53 bits per heavy atom. The lowest BCUT2D eigenvalue weighted by molar-refractivity contribution is -0.143. The molecule has 0 aliphatic carbocycles. The van der Waals surface area contributed by atoms with Gasteiger partial charge in [-0.3, -0.25) is 14.7 Å². The zero-order valence-electron chi connectivity index (χ0n) is 11.4. The number of hydrogen-bond donors (Lipinski definition) is 1. The van der Waals surface area contributed by atoms with Gasteiger partial charge in [0.15, 0.2) is 0 Å². The molecule has 1 aromatic heterocycles. The number of carbonyl (C=O) groups is 1. The number of aromatic nitrogens is 1. The fourth-order valence-electron chi connectivity index (χ4n) is 2.50. The Morgan fingerprint density at radius 3 is 2.95 bits per heavy atom. The second kappa shape index (κ2) is 6.12. The Labute approximate surface area is 113 Å². The van der Waals surface area contributed by atoms with Crippen molar-refractivity contribution in [2.24, 2.45) is 5.92 Å². The molecular formula is C14H20N2O3. The summed E-state index contributed by atoms with van der Waals surface area (Å²) in [7, 11) is 0. The monoisotopic (exact) mass is 264 g/mol. The Hall–Kier alpha value is -1.46. The van der Waals surface area contributed by atoms with Gasteiger partial charge in [-0.2, -0.15) is 0 Å². The van der Waals surface area contributed by atoms with Crippen molar-refractivity contribution in [3.63, 3.8) is 0 Å². The Balaban J connectivity index is 2.09. The first kappa shape index (κ1) is 14.0. The van der Waals surface area contributed by atoms with E-state index in [1.165, 1.54) is 0 Å². The Morgan fingerprint density at radius 2 is 2.32 bits per heavy atom. The summed E-state index contributed by atoms with van der Waals surface area (Å²) in [6, 6.07) is 5.84. The second-order valence-corrected chi connectivity index (χ2v) is 4.88. The SMILES string of the molecule is CCN(Cc1cccc(C)n1)C1COCC1C(=O)O. The molecule has 2 unspecified atom stereocenters. The third kappa shape index (κ3) is 3.30. The molecule has 1 fully saturated rings. The maximum absolute atomic E-state index is 11.2. The van der Waals surface area contributed by atoms with Crippen LogP contribution in [0.3, 0.4) is 0 Å². The van der Waals surface area contributed by atoms with Crippen LogP contribution >= 0.6 is 0 Å². The molecule has 2 heterocycles. The van der Waals surface area contributed by atoms with Gasteiger partial charge >= 0.3 is 5.97 Å².